The second-order valence-electron chi connectivity index (χ2n) is 10.6. The van der Waals surface area contributed by atoms with Gasteiger partial charge in [0.1, 0.15) is 11.9 Å². The lowest BCUT2D eigenvalue weighted by atomic mass is 9.81. The summed E-state index contributed by atoms with van der Waals surface area (Å²) in [5.74, 6) is -0.159. The molecule has 2 aromatic rings. The molecule has 1 aliphatic rings. The first-order valence-corrected chi connectivity index (χ1v) is 14.4. The lowest BCUT2D eigenvalue weighted by Gasteiger charge is -2.32. The smallest absolute Gasteiger partial charge is 0.224 e. The van der Waals surface area contributed by atoms with Gasteiger partial charge in [0.05, 0.1) is 26.7 Å². The van der Waals surface area contributed by atoms with Gasteiger partial charge < -0.3 is 5.32 Å². The van der Waals surface area contributed by atoms with Crippen LogP contribution in [-0.4, -0.2) is 28.5 Å². The average molecular weight is 522 g/mol. The zero-order chi connectivity index (χ0) is 26.9. The monoisotopic (exact) mass is 521 g/mol. The number of thiazole rings is 1. The van der Waals surface area contributed by atoms with Crippen LogP contribution in [0.5, 0.6) is 0 Å². The lowest BCUT2D eigenvalue weighted by molar-refractivity contribution is -0.130. The summed E-state index contributed by atoms with van der Waals surface area (Å²) in [4.78, 5) is 43.1. The first kappa shape index (κ1) is 28.7. The molecule has 1 aromatic carbocycles. The van der Waals surface area contributed by atoms with Crippen molar-refractivity contribution in [2.75, 3.05) is 0 Å². The molecule has 6 nitrogen and oxygen atoms in total. The van der Waals surface area contributed by atoms with Crippen molar-refractivity contribution in [2.24, 2.45) is 11.8 Å². The summed E-state index contributed by atoms with van der Waals surface area (Å²) in [6, 6.07) is 7.96. The van der Waals surface area contributed by atoms with Gasteiger partial charge in [0, 0.05) is 31.7 Å². The van der Waals surface area contributed by atoms with Gasteiger partial charge in [-0.2, -0.15) is 5.26 Å². The molecular weight excluding hydrogens is 482 g/mol. The van der Waals surface area contributed by atoms with Gasteiger partial charge >= 0.3 is 0 Å². The van der Waals surface area contributed by atoms with E-state index in [0.717, 1.165) is 40.9 Å². The van der Waals surface area contributed by atoms with Crippen molar-refractivity contribution in [1.29, 1.82) is 5.26 Å². The Kier molecular flexibility index (Phi) is 10.6. The number of nitriles is 1. The van der Waals surface area contributed by atoms with Gasteiger partial charge in [0.15, 0.2) is 5.78 Å². The zero-order valence-corrected chi connectivity index (χ0v) is 23.2. The molecule has 0 unspecified atom stereocenters. The molecular formula is C30H39N3O3S. The second-order valence-corrected chi connectivity index (χ2v) is 11.7. The van der Waals surface area contributed by atoms with Crippen LogP contribution in [0, 0.1) is 23.2 Å². The number of Topliss-reactive ketones (excluding diaryl/α,β-unsaturated/α-hetero) is 2. The minimum Gasteiger partial charge on any atom is -0.353 e. The number of hydrogen-bond acceptors (Lipinski definition) is 6. The first-order valence-electron chi connectivity index (χ1n) is 13.5. The highest BCUT2D eigenvalue weighted by Gasteiger charge is 2.30. The highest BCUT2D eigenvalue weighted by atomic mass is 32.1. The maximum atomic E-state index is 13.6. The molecule has 0 spiro atoms. The molecule has 0 bridgehead atoms. The van der Waals surface area contributed by atoms with E-state index in [1.54, 1.807) is 11.3 Å². The summed E-state index contributed by atoms with van der Waals surface area (Å²) in [7, 11) is 0. The molecule has 7 heteroatoms. The van der Waals surface area contributed by atoms with Crippen molar-refractivity contribution in [3.8, 4) is 6.07 Å². The van der Waals surface area contributed by atoms with Crippen LogP contribution in [0.2, 0.25) is 0 Å². The van der Waals surface area contributed by atoms with Gasteiger partial charge in [0.2, 0.25) is 5.91 Å². The van der Waals surface area contributed by atoms with Crippen molar-refractivity contribution in [2.45, 2.75) is 96.9 Å². The van der Waals surface area contributed by atoms with Crippen LogP contribution >= 0.6 is 11.3 Å². The summed E-state index contributed by atoms with van der Waals surface area (Å²) in [5.41, 5.74) is 2.13. The number of carbonyl (C=O) groups excluding carboxylic acids is 3. The number of allylic oxidation sites excluding steroid dienone is 1. The Bertz CT molecular complexity index is 1170. The molecule has 0 saturated heterocycles. The van der Waals surface area contributed by atoms with E-state index < -0.39 is 5.92 Å². The molecule has 1 fully saturated rings. The molecule has 1 saturated carbocycles. The Morgan fingerprint density at radius 1 is 1.22 bits per heavy atom. The number of fused-ring (bicyclic) bond motifs is 1. The molecule has 2 atom stereocenters. The molecule has 1 N–H and O–H groups in total. The average Bonchev–Trinajstić information content (AvgIpc) is 3.31. The minimum absolute atomic E-state index is 0.0448. The summed E-state index contributed by atoms with van der Waals surface area (Å²) in [5, 5.41) is 13.1. The number of aromatic nitrogens is 1. The Labute approximate surface area is 224 Å². The Morgan fingerprint density at radius 2 is 1.95 bits per heavy atom. The maximum absolute atomic E-state index is 13.6. The lowest BCUT2D eigenvalue weighted by Crippen LogP contribution is -2.45. The predicted molar refractivity (Wildman–Crippen MR) is 148 cm³/mol. The number of ketones is 2. The van der Waals surface area contributed by atoms with Crippen LogP contribution in [0.15, 0.2) is 30.4 Å². The van der Waals surface area contributed by atoms with E-state index in [1.807, 2.05) is 19.1 Å². The maximum Gasteiger partial charge on any atom is 0.224 e. The second kappa shape index (κ2) is 13.6. The van der Waals surface area contributed by atoms with Gasteiger partial charge in [-0.15, -0.1) is 11.3 Å². The van der Waals surface area contributed by atoms with E-state index in [9.17, 15) is 14.4 Å². The summed E-state index contributed by atoms with van der Waals surface area (Å²) >= 11 is 1.59. The Morgan fingerprint density at radius 3 is 2.59 bits per heavy atom. The quantitative estimate of drug-likeness (QED) is 0.241. The molecule has 198 valence electrons. The fraction of sp³-hybridized carbons (Fsp3) is 0.567. The molecule has 1 amide bonds. The zero-order valence-electron chi connectivity index (χ0n) is 22.3. The van der Waals surface area contributed by atoms with Crippen LogP contribution in [0.4, 0.5) is 0 Å². The molecule has 1 heterocycles. The van der Waals surface area contributed by atoms with E-state index in [1.165, 1.54) is 12.0 Å². The topological polar surface area (TPSA) is 99.9 Å². The molecule has 1 aromatic heterocycles. The summed E-state index contributed by atoms with van der Waals surface area (Å²) < 4.78 is 1.10. The number of hydrogen-bond donors (Lipinski definition) is 1. The molecule has 37 heavy (non-hydrogen) atoms. The van der Waals surface area contributed by atoms with Crippen LogP contribution in [0.25, 0.3) is 10.2 Å². The van der Waals surface area contributed by atoms with Crippen LogP contribution in [0.3, 0.4) is 0 Å². The van der Waals surface area contributed by atoms with E-state index in [-0.39, 0.29) is 41.9 Å². The number of nitrogens with zero attached hydrogens (tertiary/aromatic N) is 2. The van der Waals surface area contributed by atoms with Gasteiger partial charge in [-0.05, 0) is 48.8 Å². The number of carbonyl (C=O) groups is 3. The standard InChI is InChI=1S/C30H39N3O3S/c1-5-24(34)15-23(17-29-32-26-12-11-22(19(2)3)16-28(26)37-29)30(36)33-25(21-9-7-6-8-10-21)13-14-27(35)20(4)18-31/h11-12,16,19,21,23,25H,4-10,13-15,17H2,1-3H3,(H,33,36)/t23-,25+/m0/s1. The van der Waals surface area contributed by atoms with Gasteiger partial charge in [0.25, 0.3) is 0 Å². The SMILES string of the molecule is C=C(C#N)C(=O)CC[C@@H](NC(=O)[C@@H](CC(=O)CC)Cc1nc2ccc(C(C)C)cc2s1)C1CCCCC1. The molecule has 0 aliphatic heterocycles. The minimum atomic E-state index is -0.506. The number of benzene rings is 1. The highest BCUT2D eigenvalue weighted by Crippen LogP contribution is 2.31. The van der Waals surface area contributed by atoms with Crippen molar-refractivity contribution >= 4 is 39.0 Å². The fourth-order valence-corrected chi connectivity index (χ4v) is 6.18. The summed E-state index contributed by atoms with van der Waals surface area (Å²) in [6.07, 6.45) is 7.05. The Hall–Kier alpha value is -2.85. The third kappa shape index (κ3) is 8.07. The van der Waals surface area contributed by atoms with Crippen LogP contribution in [0.1, 0.15) is 95.0 Å². The first-order chi connectivity index (χ1) is 17.7. The van der Waals surface area contributed by atoms with Gasteiger partial charge in [-0.25, -0.2) is 4.98 Å². The van der Waals surface area contributed by atoms with E-state index in [2.05, 4.69) is 37.9 Å². The normalized spacial score (nSPS) is 15.8. The van der Waals surface area contributed by atoms with Gasteiger partial charge in [-0.3, -0.25) is 14.4 Å². The van der Waals surface area contributed by atoms with Crippen molar-refractivity contribution in [3.63, 3.8) is 0 Å². The van der Waals surface area contributed by atoms with Crippen molar-refractivity contribution in [3.05, 3.63) is 40.9 Å². The fourth-order valence-electron chi connectivity index (χ4n) is 5.09. The molecule has 1 aliphatic carbocycles. The molecule has 3 rings (SSSR count). The van der Waals surface area contributed by atoms with E-state index >= 15 is 0 Å². The number of amides is 1. The third-order valence-electron chi connectivity index (χ3n) is 7.48. The number of nitrogens with one attached hydrogen (secondary N) is 1. The predicted octanol–water partition coefficient (Wildman–Crippen LogP) is 6.44. The van der Waals surface area contributed by atoms with Crippen molar-refractivity contribution < 1.29 is 14.4 Å². The van der Waals surface area contributed by atoms with Crippen LogP contribution < -0.4 is 5.32 Å². The number of rotatable bonds is 13. The van der Waals surface area contributed by atoms with E-state index in [4.69, 9.17) is 10.2 Å². The van der Waals surface area contributed by atoms with Gasteiger partial charge in [-0.1, -0.05) is 52.7 Å². The third-order valence-corrected chi connectivity index (χ3v) is 8.52. The Balaban J connectivity index is 1.78. The van der Waals surface area contributed by atoms with Crippen molar-refractivity contribution in [1.82, 2.24) is 10.3 Å². The highest BCUT2D eigenvalue weighted by molar-refractivity contribution is 7.18. The largest absolute Gasteiger partial charge is 0.353 e. The summed E-state index contributed by atoms with van der Waals surface area (Å²) in [6.45, 7) is 9.67. The van der Waals surface area contributed by atoms with E-state index in [0.29, 0.717) is 31.1 Å². The van der Waals surface area contributed by atoms with Crippen LogP contribution in [-0.2, 0) is 20.8 Å². The molecule has 0 radical (unpaired) electrons.